The van der Waals surface area contributed by atoms with E-state index in [0.717, 1.165) is 10.0 Å². The summed E-state index contributed by atoms with van der Waals surface area (Å²) < 4.78 is 6.30. The van der Waals surface area contributed by atoms with Crippen molar-refractivity contribution in [3.05, 3.63) is 53.6 Å². The molecule has 0 fully saturated rings. The highest BCUT2D eigenvalue weighted by molar-refractivity contribution is 8.02. The molecule has 1 heterocycles. The monoisotopic (exact) mass is 428 g/mol. The Morgan fingerprint density at radius 2 is 1.90 bits per heavy atom. The number of hydrogen-bond acceptors (Lipinski definition) is 7. The van der Waals surface area contributed by atoms with Gasteiger partial charge in [-0.25, -0.2) is 0 Å². The lowest BCUT2D eigenvalue weighted by atomic mass is 10.1. The Bertz CT molecular complexity index is 990. The number of carbonyl (C=O) groups excluding carboxylic acids is 1. The number of carbonyl (C=O) groups is 1. The number of ether oxygens (including phenoxy) is 1. The second kappa shape index (κ2) is 9.76. The second-order valence-electron chi connectivity index (χ2n) is 6.42. The molecule has 0 saturated carbocycles. The molecule has 1 aromatic heterocycles. The number of hydrogen-bond donors (Lipinski definition) is 2. The number of amides is 1. The number of rotatable bonds is 8. The average molecular weight is 429 g/mol. The molecule has 0 radical (unpaired) electrons. The van der Waals surface area contributed by atoms with Crippen molar-refractivity contribution >= 4 is 45.5 Å². The molecule has 3 rings (SSSR count). The SMILES string of the molecule is CCOc1ccccc1NC(=O)C(C)Sc1nnc(Nc2cccc(C)c2C)s1. The maximum absolute atomic E-state index is 12.6. The third kappa shape index (κ3) is 5.48. The van der Waals surface area contributed by atoms with Crippen LogP contribution in [0, 0.1) is 13.8 Å². The number of aryl methyl sites for hydroxylation is 1. The summed E-state index contributed by atoms with van der Waals surface area (Å²) in [6.45, 7) is 8.45. The van der Waals surface area contributed by atoms with Crippen LogP contribution in [0.4, 0.5) is 16.5 Å². The van der Waals surface area contributed by atoms with Crippen molar-refractivity contribution in [1.82, 2.24) is 10.2 Å². The van der Waals surface area contributed by atoms with Crippen molar-refractivity contribution in [2.24, 2.45) is 0 Å². The van der Waals surface area contributed by atoms with E-state index in [9.17, 15) is 4.79 Å². The van der Waals surface area contributed by atoms with Crippen LogP contribution in [0.25, 0.3) is 0 Å². The number of thioether (sulfide) groups is 1. The lowest BCUT2D eigenvalue weighted by molar-refractivity contribution is -0.115. The summed E-state index contributed by atoms with van der Waals surface area (Å²) in [5, 5.41) is 15.0. The van der Waals surface area contributed by atoms with E-state index in [1.54, 1.807) is 0 Å². The Kier molecular flexibility index (Phi) is 7.11. The van der Waals surface area contributed by atoms with E-state index in [1.807, 2.05) is 50.2 Å². The Hall–Kier alpha value is -2.58. The van der Waals surface area contributed by atoms with Gasteiger partial charge in [0.15, 0.2) is 4.34 Å². The van der Waals surface area contributed by atoms with Crippen molar-refractivity contribution in [3.8, 4) is 5.75 Å². The summed E-state index contributed by atoms with van der Waals surface area (Å²) >= 11 is 2.81. The molecule has 2 aromatic carbocycles. The van der Waals surface area contributed by atoms with Crippen molar-refractivity contribution in [2.45, 2.75) is 37.3 Å². The second-order valence-corrected chi connectivity index (χ2v) is 8.99. The molecule has 6 nitrogen and oxygen atoms in total. The van der Waals surface area contributed by atoms with Gasteiger partial charge in [-0.1, -0.05) is 47.4 Å². The van der Waals surface area contributed by atoms with Crippen LogP contribution in [0.3, 0.4) is 0 Å². The lowest BCUT2D eigenvalue weighted by Crippen LogP contribution is -2.22. The number of aromatic nitrogens is 2. The molecule has 8 heteroatoms. The zero-order valence-corrected chi connectivity index (χ0v) is 18.5. The molecule has 1 amide bonds. The summed E-state index contributed by atoms with van der Waals surface area (Å²) in [6.07, 6.45) is 0. The average Bonchev–Trinajstić information content (AvgIpc) is 3.14. The molecule has 0 aliphatic rings. The van der Waals surface area contributed by atoms with E-state index < -0.39 is 0 Å². The van der Waals surface area contributed by atoms with Gasteiger partial charge in [0.1, 0.15) is 5.75 Å². The van der Waals surface area contributed by atoms with Crippen LogP contribution in [0.2, 0.25) is 0 Å². The Labute approximate surface area is 179 Å². The van der Waals surface area contributed by atoms with Gasteiger partial charge in [0, 0.05) is 5.69 Å². The molecule has 0 aliphatic heterocycles. The topological polar surface area (TPSA) is 76.1 Å². The molecule has 0 saturated heterocycles. The number of nitrogens with one attached hydrogen (secondary N) is 2. The van der Waals surface area contributed by atoms with Crippen LogP contribution < -0.4 is 15.4 Å². The van der Waals surface area contributed by atoms with Gasteiger partial charge < -0.3 is 15.4 Å². The van der Waals surface area contributed by atoms with Gasteiger partial charge in [0.2, 0.25) is 11.0 Å². The van der Waals surface area contributed by atoms with Gasteiger partial charge in [-0.2, -0.15) is 0 Å². The van der Waals surface area contributed by atoms with Gasteiger partial charge in [-0.05, 0) is 57.0 Å². The highest BCUT2D eigenvalue weighted by Crippen LogP contribution is 2.32. The third-order valence-corrected chi connectivity index (χ3v) is 6.37. The van der Waals surface area contributed by atoms with E-state index in [4.69, 9.17) is 4.74 Å². The molecule has 152 valence electrons. The van der Waals surface area contributed by atoms with Crippen LogP contribution >= 0.6 is 23.1 Å². The molecule has 1 atom stereocenters. The highest BCUT2D eigenvalue weighted by atomic mass is 32.2. The van der Waals surface area contributed by atoms with Gasteiger partial charge >= 0.3 is 0 Å². The first-order valence-corrected chi connectivity index (χ1v) is 11.0. The van der Waals surface area contributed by atoms with E-state index >= 15 is 0 Å². The fourth-order valence-electron chi connectivity index (χ4n) is 2.60. The third-order valence-electron chi connectivity index (χ3n) is 4.34. The molecule has 1 unspecified atom stereocenters. The molecule has 3 aromatic rings. The maximum atomic E-state index is 12.6. The number of para-hydroxylation sites is 2. The zero-order valence-electron chi connectivity index (χ0n) is 16.9. The van der Waals surface area contributed by atoms with E-state index in [0.29, 0.717) is 23.2 Å². The summed E-state index contributed by atoms with van der Waals surface area (Å²) in [4.78, 5) is 12.6. The zero-order chi connectivity index (χ0) is 20.8. The Balaban J connectivity index is 1.62. The predicted molar refractivity (Wildman–Crippen MR) is 121 cm³/mol. The summed E-state index contributed by atoms with van der Waals surface area (Å²) in [7, 11) is 0. The number of nitrogens with zero attached hydrogens (tertiary/aromatic N) is 2. The first-order valence-electron chi connectivity index (χ1n) is 9.34. The molecule has 29 heavy (non-hydrogen) atoms. The minimum atomic E-state index is -0.328. The van der Waals surface area contributed by atoms with Crippen LogP contribution in [0.15, 0.2) is 46.8 Å². The quantitative estimate of drug-likeness (QED) is 0.467. The fourth-order valence-corrected chi connectivity index (χ4v) is 4.51. The van der Waals surface area contributed by atoms with Crippen molar-refractivity contribution in [2.75, 3.05) is 17.2 Å². The Morgan fingerprint density at radius 3 is 2.69 bits per heavy atom. The van der Waals surface area contributed by atoms with Gasteiger partial charge in [-0.15, -0.1) is 10.2 Å². The Morgan fingerprint density at radius 1 is 1.14 bits per heavy atom. The van der Waals surface area contributed by atoms with Crippen LogP contribution in [-0.2, 0) is 4.79 Å². The number of benzene rings is 2. The lowest BCUT2D eigenvalue weighted by Gasteiger charge is -2.13. The minimum Gasteiger partial charge on any atom is -0.492 e. The molecule has 0 bridgehead atoms. The van der Waals surface area contributed by atoms with E-state index in [2.05, 4.69) is 40.7 Å². The predicted octanol–water partition coefficient (Wildman–Crippen LogP) is 5.42. The van der Waals surface area contributed by atoms with E-state index in [1.165, 1.54) is 34.2 Å². The van der Waals surface area contributed by atoms with E-state index in [-0.39, 0.29) is 11.2 Å². The standard InChI is InChI=1S/C21H24N4O2S2/c1-5-27-18-12-7-6-10-17(18)22-19(26)15(4)28-21-25-24-20(29-21)23-16-11-8-9-13(2)14(16)3/h6-12,15H,5H2,1-4H3,(H,22,26)(H,23,24). The summed E-state index contributed by atoms with van der Waals surface area (Å²) in [5.74, 6) is 0.554. The first kappa shape index (κ1) is 21.1. The smallest absolute Gasteiger partial charge is 0.237 e. The normalized spacial score (nSPS) is 11.7. The van der Waals surface area contributed by atoms with Crippen molar-refractivity contribution in [1.29, 1.82) is 0 Å². The largest absolute Gasteiger partial charge is 0.492 e. The van der Waals surface area contributed by atoms with Crippen molar-refractivity contribution in [3.63, 3.8) is 0 Å². The first-order chi connectivity index (χ1) is 14.0. The fraction of sp³-hybridized carbons (Fsp3) is 0.286. The van der Waals surface area contributed by atoms with Gasteiger partial charge in [-0.3, -0.25) is 4.79 Å². The highest BCUT2D eigenvalue weighted by Gasteiger charge is 2.19. The van der Waals surface area contributed by atoms with Crippen LogP contribution in [0.5, 0.6) is 5.75 Å². The number of anilines is 3. The maximum Gasteiger partial charge on any atom is 0.237 e. The molecular weight excluding hydrogens is 404 g/mol. The molecular formula is C21H24N4O2S2. The minimum absolute atomic E-state index is 0.110. The van der Waals surface area contributed by atoms with Gasteiger partial charge in [0.05, 0.1) is 17.5 Å². The van der Waals surface area contributed by atoms with Crippen molar-refractivity contribution < 1.29 is 9.53 Å². The summed E-state index contributed by atoms with van der Waals surface area (Å²) in [6, 6.07) is 13.5. The molecule has 0 spiro atoms. The van der Waals surface area contributed by atoms with Crippen LogP contribution in [-0.4, -0.2) is 28.0 Å². The molecule has 0 aliphatic carbocycles. The molecule has 2 N–H and O–H groups in total. The summed E-state index contributed by atoms with van der Waals surface area (Å²) in [5.41, 5.74) is 4.07. The van der Waals surface area contributed by atoms with Gasteiger partial charge in [0.25, 0.3) is 0 Å². The van der Waals surface area contributed by atoms with Crippen LogP contribution in [0.1, 0.15) is 25.0 Å².